The van der Waals surface area contributed by atoms with Gasteiger partial charge < -0.3 is 19.7 Å². The molecule has 1 N–H and O–H groups in total. The van der Waals surface area contributed by atoms with Crippen LogP contribution in [0.15, 0.2) is 0 Å². The van der Waals surface area contributed by atoms with Crippen molar-refractivity contribution in [2.24, 2.45) is 0 Å². The van der Waals surface area contributed by atoms with Gasteiger partial charge in [0.1, 0.15) is 5.69 Å². The quantitative estimate of drug-likeness (QED) is 0.775. The number of imidazole rings is 1. The molecule has 3 heterocycles. The molecule has 8 nitrogen and oxygen atoms in total. The highest BCUT2D eigenvalue weighted by Crippen LogP contribution is 2.22. The number of amides is 3. The summed E-state index contributed by atoms with van der Waals surface area (Å²) in [7, 11) is 0. The Labute approximate surface area is 147 Å². The highest BCUT2D eigenvalue weighted by Gasteiger charge is 2.30. The lowest BCUT2D eigenvalue weighted by molar-refractivity contribution is -0.119. The topological polar surface area (TPSA) is 87.5 Å². The van der Waals surface area contributed by atoms with Gasteiger partial charge in [-0.15, -0.1) is 0 Å². The number of nitrogens with one attached hydrogen (secondary N) is 1. The van der Waals surface area contributed by atoms with Gasteiger partial charge in [0.25, 0.3) is 11.8 Å². The van der Waals surface area contributed by atoms with E-state index in [0.29, 0.717) is 44.2 Å². The fraction of sp³-hybridized carbons (Fsp3) is 0.647. The molecule has 8 heteroatoms. The van der Waals surface area contributed by atoms with Gasteiger partial charge in [0.05, 0.1) is 5.69 Å². The number of nitrogens with zero attached hydrogens (tertiary/aromatic N) is 4. The molecule has 0 saturated carbocycles. The maximum atomic E-state index is 12.9. The molecule has 1 aromatic heterocycles. The van der Waals surface area contributed by atoms with E-state index < -0.39 is 0 Å². The molecule has 136 valence electrons. The van der Waals surface area contributed by atoms with E-state index in [9.17, 15) is 14.4 Å². The lowest BCUT2D eigenvalue weighted by Crippen LogP contribution is -2.48. The normalized spacial score (nSPS) is 17.2. The molecular formula is C17H25N5O3. The predicted octanol–water partition coefficient (Wildman–Crippen LogP) is 0.273. The number of carbonyl (C=O) groups is 3. The first-order valence-electron chi connectivity index (χ1n) is 9.02. The molecule has 0 aliphatic carbocycles. The van der Waals surface area contributed by atoms with Gasteiger partial charge in [0, 0.05) is 39.3 Å². The van der Waals surface area contributed by atoms with Crippen molar-refractivity contribution in [3.8, 4) is 0 Å². The molecule has 3 amide bonds. The minimum Gasteiger partial charge on any atom is -0.349 e. The van der Waals surface area contributed by atoms with Crippen molar-refractivity contribution in [3.05, 3.63) is 17.2 Å². The fourth-order valence-corrected chi connectivity index (χ4v) is 3.39. The minimum atomic E-state index is -0.213. The summed E-state index contributed by atoms with van der Waals surface area (Å²) in [4.78, 5) is 44.0. The first kappa shape index (κ1) is 17.4. The van der Waals surface area contributed by atoms with Gasteiger partial charge in [-0.25, -0.2) is 4.98 Å². The highest BCUT2D eigenvalue weighted by molar-refractivity contribution is 5.97. The zero-order valence-electron chi connectivity index (χ0n) is 14.7. The van der Waals surface area contributed by atoms with Crippen LogP contribution in [0, 0.1) is 0 Å². The maximum Gasteiger partial charge on any atom is 0.287 e. The van der Waals surface area contributed by atoms with Crippen molar-refractivity contribution < 1.29 is 14.4 Å². The minimum absolute atomic E-state index is 0.134. The Morgan fingerprint density at radius 1 is 1.16 bits per heavy atom. The van der Waals surface area contributed by atoms with Crippen LogP contribution in [-0.4, -0.2) is 70.3 Å². The van der Waals surface area contributed by atoms with Crippen LogP contribution in [-0.2, 0) is 17.8 Å². The molecule has 0 radical (unpaired) electrons. The van der Waals surface area contributed by atoms with E-state index in [1.807, 2.05) is 11.5 Å². The van der Waals surface area contributed by atoms with E-state index in [1.165, 1.54) is 0 Å². The average molecular weight is 347 g/mol. The second kappa shape index (κ2) is 7.67. The van der Waals surface area contributed by atoms with Gasteiger partial charge in [0.15, 0.2) is 5.82 Å². The van der Waals surface area contributed by atoms with Gasteiger partial charge in [-0.05, 0) is 25.7 Å². The second-order valence-electron chi connectivity index (χ2n) is 6.53. The third kappa shape index (κ3) is 3.52. The molecule has 3 rings (SSSR count). The Bertz CT molecular complexity index is 661. The number of aromatic nitrogens is 2. The summed E-state index contributed by atoms with van der Waals surface area (Å²) in [5, 5.41) is 2.85. The molecule has 0 atom stereocenters. The fourth-order valence-electron chi connectivity index (χ4n) is 3.39. The zero-order chi connectivity index (χ0) is 17.8. The largest absolute Gasteiger partial charge is 0.349 e. The van der Waals surface area contributed by atoms with E-state index in [4.69, 9.17) is 0 Å². The lowest BCUT2D eigenvalue weighted by atomic mass is 10.1. The number of hydrogen-bond donors (Lipinski definition) is 1. The van der Waals surface area contributed by atoms with E-state index in [0.717, 1.165) is 44.3 Å². The maximum absolute atomic E-state index is 12.9. The Hall–Kier alpha value is -2.38. The molecule has 2 aliphatic heterocycles. The monoisotopic (exact) mass is 347 g/mol. The van der Waals surface area contributed by atoms with Gasteiger partial charge in [-0.2, -0.15) is 0 Å². The summed E-state index contributed by atoms with van der Waals surface area (Å²) < 4.78 is 1.91. The first-order valence-corrected chi connectivity index (χ1v) is 9.02. The number of fused-ring (bicyclic) bond motifs is 1. The van der Waals surface area contributed by atoms with E-state index in [2.05, 4.69) is 10.3 Å². The SMILES string of the molecule is CCCNC(=O)c1nc(C(=O)N2CCN(C=O)CC2)c2n1CCCC2. The second-order valence-corrected chi connectivity index (χ2v) is 6.53. The summed E-state index contributed by atoms with van der Waals surface area (Å²) in [6.45, 7) is 5.39. The van der Waals surface area contributed by atoms with Crippen LogP contribution in [0.4, 0.5) is 0 Å². The van der Waals surface area contributed by atoms with Crippen molar-refractivity contribution in [1.82, 2.24) is 24.7 Å². The van der Waals surface area contributed by atoms with Crippen LogP contribution in [0.3, 0.4) is 0 Å². The Balaban J connectivity index is 1.83. The Morgan fingerprint density at radius 3 is 2.60 bits per heavy atom. The number of piperazine rings is 1. The predicted molar refractivity (Wildman–Crippen MR) is 91.3 cm³/mol. The summed E-state index contributed by atoms with van der Waals surface area (Å²) in [5.74, 6) is -0.00130. The number of carbonyl (C=O) groups excluding carboxylic acids is 3. The molecule has 0 spiro atoms. The van der Waals surface area contributed by atoms with E-state index in [-0.39, 0.29) is 11.8 Å². The van der Waals surface area contributed by atoms with Gasteiger partial charge >= 0.3 is 0 Å². The Morgan fingerprint density at radius 2 is 1.92 bits per heavy atom. The van der Waals surface area contributed by atoms with E-state index in [1.54, 1.807) is 9.80 Å². The molecule has 1 saturated heterocycles. The van der Waals surface area contributed by atoms with Crippen LogP contribution < -0.4 is 5.32 Å². The smallest absolute Gasteiger partial charge is 0.287 e. The van der Waals surface area contributed by atoms with Crippen molar-refractivity contribution in [1.29, 1.82) is 0 Å². The molecule has 1 fully saturated rings. The number of rotatable bonds is 5. The summed E-state index contributed by atoms with van der Waals surface area (Å²) in [5.41, 5.74) is 1.27. The van der Waals surface area contributed by atoms with Gasteiger partial charge in [-0.1, -0.05) is 6.92 Å². The van der Waals surface area contributed by atoms with Crippen molar-refractivity contribution in [2.45, 2.75) is 39.2 Å². The molecule has 0 unspecified atom stereocenters. The van der Waals surface area contributed by atoms with Gasteiger partial charge in [0.2, 0.25) is 6.41 Å². The summed E-state index contributed by atoms with van der Waals surface area (Å²) >= 11 is 0. The molecular weight excluding hydrogens is 322 g/mol. The van der Waals surface area contributed by atoms with Crippen molar-refractivity contribution in [2.75, 3.05) is 32.7 Å². The number of hydrogen-bond acceptors (Lipinski definition) is 4. The average Bonchev–Trinajstić information content (AvgIpc) is 3.05. The highest BCUT2D eigenvalue weighted by atomic mass is 16.2. The summed E-state index contributed by atoms with van der Waals surface area (Å²) in [6.07, 6.45) is 4.43. The van der Waals surface area contributed by atoms with Crippen LogP contribution in [0.25, 0.3) is 0 Å². The first-order chi connectivity index (χ1) is 12.2. The lowest BCUT2D eigenvalue weighted by Gasteiger charge is -2.32. The third-order valence-electron chi connectivity index (χ3n) is 4.81. The molecule has 25 heavy (non-hydrogen) atoms. The third-order valence-corrected chi connectivity index (χ3v) is 4.81. The van der Waals surface area contributed by atoms with E-state index >= 15 is 0 Å². The molecule has 2 aliphatic rings. The summed E-state index contributed by atoms with van der Waals surface area (Å²) in [6, 6.07) is 0. The standard InChI is InChI=1S/C17H25N5O3/c1-2-6-18-16(24)15-19-14(13-5-3-4-7-22(13)15)17(25)21-10-8-20(12-23)9-11-21/h12H,2-11H2,1H3,(H,18,24). The molecule has 1 aromatic rings. The van der Waals surface area contributed by atoms with Gasteiger partial charge in [-0.3, -0.25) is 14.4 Å². The molecule has 0 bridgehead atoms. The Kier molecular flexibility index (Phi) is 5.35. The van der Waals surface area contributed by atoms with Crippen LogP contribution in [0.1, 0.15) is 53.0 Å². The zero-order valence-corrected chi connectivity index (χ0v) is 14.7. The van der Waals surface area contributed by atoms with Crippen molar-refractivity contribution >= 4 is 18.2 Å². The molecule has 0 aromatic carbocycles. The van der Waals surface area contributed by atoms with Crippen LogP contribution >= 0.6 is 0 Å². The van der Waals surface area contributed by atoms with Crippen LogP contribution in [0.2, 0.25) is 0 Å². The van der Waals surface area contributed by atoms with Crippen LogP contribution in [0.5, 0.6) is 0 Å². The van der Waals surface area contributed by atoms with Crippen molar-refractivity contribution in [3.63, 3.8) is 0 Å².